The Morgan fingerprint density at radius 2 is 1.95 bits per heavy atom. The highest BCUT2D eigenvalue weighted by Gasteiger charge is 2.39. The number of alkyl halides is 3. The van der Waals surface area contributed by atoms with Gasteiger partial charge in [0.05, 0.1) is 31.0 Å². The van der Waals surface area contributed by atoms with Gasteiger partial charge in [-0.05, 0) is 42.3 Å². The predicted molar refractivity (Wildman–Crippen MR) is 125 cm³/mol. The zero-order valence-corrected chi connectivity index (χ0v) is 20.2. The smallest absolute Gasteiger partial charge is 0.437 e. The summed E-state index contributed by atoms with van der Waals surface area (Å²) in [6, 6.07) is 8.49. The molecule has 0 aliphatic carbocycles. The fourth-order valence-corrected chi connectivity index (χ4v) is 4.18. The van der Waals surface area contributed by atoms with Crippen LogP contribution in [0.25, 0.3) is 0 Å². The molecule has 1 aromatic heterocycles. The second-order valence-electron chi connectivity index (χ2n) is 8.31. The Balaban J connectivity index is 1.65. The summed E-state index contributed by atoms with van der Waals surface area (Å²) in [5.74, 6) is -3.10. The first-order valence-electron chi connectivity index (χ1n) is 10.9. The van der Waals surface area contributed by atoms with Gasteiger partial charge in [-0.25, -0.2) is 14.8 Å². The summed E-state index contributed by atoms with van der Waals surface area (Å²) in [4.78, 5) is 29.0. The number of amides is 1. The van der Waals surface area contributed by atoms with E-state index in [1.54, 1.807) is 6.07 Å². The monoisotopic (exact) mass is 551 g/mol. The number of hydrogen-bond acceptors (Lipinski definition) is 7. The summed E-state index contributed by atoms with van der Waals surface area (Å²) >= 11 is 5.90. The molecule has 2 N–H and O–H groups in total. The Morgan fingerprint density at radius 1 is 1.18 bits per heavy atom. The number of nitrogens with one attached hydrogen (secondary N) is 2. The van der Waals surface area contributed by atoms with Gasteiger partial charge >= 0.3 is 6.18 Å². The lowest BCUT2D eigenvalue weighted by atomic mass is 9.90. The van der Waals surface area contributed by atoms with E-state index in [1.165, 1.54) is 25.3 Å². The standard InChI is InChI=1S/C24H18ClF4N5O4/c1-37-17-5-13(4-15(26)7-17)19-8-16(32-33-22(19)35)10-34-11-31-21(24(27,28)29)20(23(34)36)38-18-3-12(9-30)2-14(25)6-18/h2-7,11,16,19,32H,8,10H2,1H3,(H,33,35). The zero-order valence-electron chi connectivity index (χ0n) is 19.5. The molecule has 14 heteroatoms. The maximum absolute atomic E-state index is 14.0. The number of carbonyl (C=O) groups is 1. The summed E-state index contributed by atoms with van der Waals surface area (Å²) in [6.45, 7) is -0.220. The van der Waals surface area contributed by atoms with Gasteiger partial charge in [-0.2, -0.15) is 18.4 Å². The minimum absolute atomic E-state index is 0.00689. The molecule has 1 aliphatic heterocycles. The summed E-state index contributed by atoms with van der Waals surface area (Å²) < 4.78 is 66.2. The van der Waals surface area contributed by atoms with Crippen LogP contribution < -0.4 is 25.9 Å². The van der Waals surface area contributed by atoms with Crippen molar-refractivity contribution in [1.29, 1.82) is 5.26 Å². The zero-order chi connectivity index (χ0) is 27.6. The average molecular weight is 552 g/mol. The van der Waals surface area contributed by atoms with Crippen LogP contribution in [0.15, 0.2) is 47.5 Å². The quantitative estimate of drug-likeness (QED) is 0.446. The van der Waals surface area contributed by atoms with E-state index in [0.29, 0.717) is 5.56 Å². The maximum Gasteiger partial charge on any atom is 0.437 e. The molecule has 2 atom stereocenters. The molecule has 1 amide bonds. The van der Waals surface area contributed by atoms with Crippen molar-refractivity contribution in [3.8, 4) is 23.3 Å². The van der Waals surface area contributed by atoms with Crippen LogP contribution in [0.3, 0.4) is 0 Å². The van der Waals surface area contributed by atoms with Gasteiger partial charge in [0, 0.05) is 23.7 Å². The van der Waals surface area contributed by atoms with Crippen molar-refractivity contribution in [3.63, 3.8) is 0 Å². The molecule has 1 fully saturated rings. The van der Waals surface area contributed by atoms with Crippen LogP contribution in [0.1, 0.15) is 29.2 Å². The molecule has 1 aliphatic rings. The van der Waals surface area contributed by atoms with E-state index in [0.717, 1.165) is 29.1 Å². The van der Waals surface area contributed by atoms with Gasteiger partial charge in [-0.1, -0.05) is 11.6 Å². The molecule has 38 heavy (non-hydrogen) atoms. The molecule has 4 rings (SSSR count). The van der Waals surface area contributed by atoms with Gasteiger partial charge in [-0.3, -0.25) is 19.6 Å². The summed E-state index contributed by atoms with van der Waals surface area (Å²) in [6.07, 6.45) is -4.24. The van der Waals surface area contributed by atoms with Gasteiger partial charge in [0.1, 0.15) is 17.3 Å². The number of rotatable bonds is 6. The SMILES string of the molecule is COc1cc(F)cc(C2CC(Cn3cnc(C(F)(F)F)c(Oc4cc(Cl)cc(C#N)c4)c3=O)NNC2=O)c1. The minimum Gasteiger partial charge on any atom is -0.497 e. The lowest BCUT2D eigenvalue weighted by molar-refractivity contribution is -0.142. The Bertz CT molecular complexity index is 1490. The number of halogens is 5. The number of methoxy groups -OCH3 is 1. The van der Waals surface area contributed by atoms with E-state index in [9.17, 15) is 27.2 Å². The van der Waals surface area contributed by atoms with Crippen LogP contribution in [0.4, 0.5) is 17.6 Å². The number of ether oxygens (including phenoxy) is 2. The Hall–Kier alpha value is -4.15. The normalized spacial score (nSPS) is 17.4. The van der Waals surface area contributed by atoms with E-state index in [1.807, 2.05) is 0 Å². The molecule has 0 radical (unpaired) electrons. The molecule has 9 nitrogen and oxygen atoms in total. The third kappa shape index (κ3) is 5.87. The molecule has 0 saturated carbocycles. The number of hydrazine groups is 1. The van der Waals surface area contributed by atoms with Crippen molar-refractivity contribution >= 4 is 17.5 Å². The van der Waals surface area contributed by atoms with Crippen LogP contribution in [0.5, 0.6) is 17.2 Å². The Kier molecular flexibility index (Phi) is 7.56. The first kappa shape index (κ1) is 26.9. The number of aromatic nitrogens is 2. The van der Waals surface area contributed by atoms with Crippen LogP contribution in [-0.4, -0.2) is 28.6 Å². The Morgan fingerprint density at radius 3 is 2.63 bits per heavy atom. The van der Waals surface area contributed by atoms with E-state index in [-0.39, 0.29) is 35.1 Å². The van der Waals surface area contributed by atoms with Gasteiger partial charge in [-0.15, -0.1) is 0 Å². The van der Waals surface area contributed by atoms with Crippen molar-refractivity contribution in [2.75, 3.05) is 7.11 Å². The van der Waals surface area contributed by atoms with Crippen LogP contribution in [0.2, 0.25) is 5.02 Å². The average Bonchev–Trinajstić information content (AvgIpc) is 2.86. The van der Waals surface area contributed by atoms with Gasteiger partial charge in [0.15, 0.2) is 5.69 Å². The van der Waals surface area contributed by atoms with E-state index < -0.39 is 46.9 Å². The van der Waals surface area contributed by atoms with Crippen molar-refractivity contribution in [3.05, 3.63) is 80.7 Å². The predicted octanol–water partition coefficient (Wildman–Crippen LogP) is 3.90. The van der Waals surface area contributed by atoms with Crippen molar-refractivity contribution < 1.29 is 31.8 Å². The van der Waals surface area contributed by atoms with Crippen molar-refractivity contribution in [2.45, 2.75) is 31.1 Å². The first-order chi connectivity index (χ1) is 18.0. The molecule has 2 unspecified atom stereocenters. The molecule has 2 heterocycles. The topological polar surface area (TPSA) is 118 Å². The fourth-order valence-electron chi connectivity index (χ4n) is 3.96. The lowest BCUT2D eigenvalue weighted by Gasteiger charge is -2.31. The minimum atomic E-state index is -5.02. The largest absolute Gasteiger partial charge is 0.497 e. The second-order valence-corrected chi connectivity index (χ2v) is 8.75. The molecule has 1 saturated heterocycles. The van der Waals surface area contributed by atoms with E-state index in [2.05, 4.69) is 15.8 Å². The lowest BCUT2D eigenvalue weighted by Crippen LogP contribution is -2.54. The highest BCUT2D eigenvalue weighted by atomic mass is 35.5. The maximum atomic E-state index is 14.0. The van der Waals surface area contributed by atoms with Gasteiger partial charge < -0.3 is 9.47 Å². The third-order valence-corrected chi connectivity index (χ3v) is 5.89. The Labute approximate surface area is 217 Å². The van der Waals surface area contributed by atoms with E-state index in [4.69, 9.17) is 26.3 Å². The van der Waals surface area contributed by atoms with Crippen molar-refractivity contribution in [2.24, 2.45) is 0 Å². The number of nitrogens with zero attached hydrogens (tertiary/aromatic N) is 3. The number of nitriles is 1. The van der Waals surface area contributed by atoms with Crippen molar-refractivity contribution in [1.82, 2.24) is 20.4 Å². The second kappa shape index (κ2) is 10.7. The van der Waals surface area contributed by atoms with E-state index >= 15 is 0 Å². The molecule has 0 bridgehead atoms. The summed E-state index contributed by atoms with van der Waals surface area (Å²) in [7, 11) is 1.35. The highest BCUT2D eigenvalue weighted by Crippen LogP contribution is 2.35. The number of hydrogen-bond donors (Lipinski definition) is 2. The van der Waals surface area contributed by atoms with Crippen LogP contribution >= 0.6 is 11.6 Å². The number of benzene rings is 2. The van der Waals surface area contributed by atoms with Gasteiger partial charge in [0.25, 0.3) is 5.56 Å². The molecule has 2 aromatic carbocycles. The molecular formula is C24H18ClF4N5O4. The molecule has 0 spiro atoms. The highest BCUT2D eigenvalue weighted by molar-refractivity contribution is 6.30. The fraction of sp³-hybridized carbons (Fsp3) is 0.250. The molecule has 3 aromatic rings. The van der Waals surface area contributed by atoms with Crippen LogP contribution in [-0.2, 0) is 17.5 Å². The number of carbonyl (C=O) groups excluding carboxylic acids is 1. The summed E-state index contributed by atoms with van der Waals surface area (Å²) in [5.41, 5.74) is 2.74. The van der Waals surface area contributed by atoms with Gasteiger partial charge in [0.2, 0.25) is 11.7 Å². The molecular weight excluding hydrogens is 534 g/mol. The van der Waals surface area contributed by atoms with Crippen LogP contribution in [0, 0.1) is 17.1 Å². The molecule has 198 valence electrons. The third-order valence-electron chi connectivity index (χ3n) is 5.67. The summed E-state index contributed by atoms with van der Waals surface area (Å²) in [5, 5.41) is 9.11. The first-order valence-corrected chi connectivity index (χ1v) is 11.3.